The number of rotatable bonds is 9. The van der Waals surface area contributed by atoms with Crippen LogP contribution in [0, 0.1) is 13.8 Å². The summed E-state index contributed by atoms with van der Waals surface area (Å²) >= 11 is 0. The number of carbonyl (C=O) groups excluding carboxylic acids is 2. The molecule has 1 heterocycles. The predicted molar refractivity (Wildman–Crippen MR) is 98.3 cm³/mol. The zero-order valence-corrected chi connectivity index (χ0v) is 16.9. The van der Waals surface area contributed by atoms with E-state index >= 15 is 0 Å². The molecule has 0 aliphatic carbocycles. The van der Waals surface area contributed by atoms with Gasteiger partial charge in [0, 0.05) is 19.6 Å². The maximum Gasteiger partial charge on any atom is 0.321 e. The molecule has 1 rings (SSSR count). The average Bonchev–Trinajstić information content (AvgIpc) is 2.82. The lowest BCUT2D eigenvalue weighted by Crippen LogP contribution is -2.41. The number of unbranched alkanes of at least 4 members (excludes halogenated alkanes) is 1. The molecule has 2 N–H and O–H groups in total. The fourth-order valence-electron chi connectivity index (χ4n) is 2.63. The smallest absolute Gasteiger partial charge is 0.321 e. The van der Waals surface area contributed by atoms with Gasteiger partial charge in [0.05, 0.1) is 11.4 Å². The molecule has 0 saturated heterocycles. The number of amides is 3. The van der Waals surface area contributed by atoms with Gasteiger partial charge in [0.15, 0.2) is 0 Å². The fraction of sp³-hybridized carbons (Fsp3) is 0.688. The Morgan fingerprint density at radius 2 is 1.77 bits per heavy atom. The first-order chi connectivity index (χ1) is 12.2. The first-order valence-corrected chi connectivity index (χ1v) is 10.2. The summed E-state index contributed by atoms with van der Waals surface area (Å²) in [6.45, 7) is 9.67. The molecule has 0 bridgehead atoms. The second kappa shape index (κ2) is 9.67. The summed E-state index contributed by atoms with van der Waals surface area (Å²) in [6, 6.07) is -0.569. The Morgan fingerprint density at radius 1 is 1.15 bits per heavy atom. The van der Waals surface area contributed by atoms with Crippen molar-refractivity contribution in [1.82, 2.24) is 24.7 Å². The molecule has 1 aromatic rings. The normalized spacial score (nSPS) is 11.6. The lowest BCUT2D eigenvalue weighted by Gasteiger charge is -2.18. The number of imide groups is 1. The molecule has 0 fully saturated rings. The molecule has 10 heteroatoms. The highest BCUT2D eigenvalue weighted by Gasteiger charge is 2.29. The lowest BCUT2D eigenvalue weighted by molar-refractivity contribution is -0.120. The van der Waals surface area contributed by atoms with Crippen molar-refractivity contribution < 1.29 is 18.0 Å². The molecule has 0 unspecified atom stereocenters. The molecule has 0 aliphatic rings. The fourth-order valence-corrected chi connectivity index (χ4v) is 4.46. The van der Waals surface area contributed by atoms with Crippen molar-refractivity contribution >= 4 is 22.0 Å². The highest BCUT2D eigenvalue weighted by atomic mass is 32.2. The summed E-state index contributed by atoms with van der Waals surface area (Å²) in [5.74, 6) is -0.559. The van der Waals surface area contributed by atoms with Gasteiger partial charge in [-0.3, -0.25) is 14.8 Å². The Labute approximate surface area is 155 Å². The number of nitrogens with zero attached hydrogens (tertiary/aromatic N) is 3. The maximum absolute atomic E-state index is 12.8. The van der Waals surface area contributed by atoms with Crippen molar-refractivity contribution in [3.05, 3.63) is 11.4 Å². The van der Waals surface area contributed by atoms with E-state index in [0.717, 1.165) is 12.8 Å². The molecule has 148 valence electrons. The van der Waals surface area contributed by atoms with Crippen LogP contribution in [-0.2, 0) is 21.4 Å². The van der Waals surface area contributed by atoms with Crippen LogP contribution in [0.25, 0.3) is 0 Å². The molecule has 1 aromatic heterocycles. The Kier molecular flexibility index (Phi) is 8.22. The number of hydrogen-bond acceptors (Lipinski definition) is 5. The van der Waals surface area contributed by atoms with Crippen LogP contribution >= 0.6 is 0 Å². The largest absolute Gasteiger partial charge is 0.338 e. The molecule has 3 amide bonds. The predicted octanol–water partition coefficient (Wildman–Crippen LogP) is 1.16. The third-order valence-electron chi connectivity index (χ3n) is 3.98. The van der Waals surface area contributed by atoms with Gasteiger partial charge in [0.2, 0.25) is 15.9 Å². The van der Waals surface area contributed by atoms with E-state index in [0.29, 0.717) is 31.0 Å². The summed E-state index contributed by atoms with van der Waals surface area (Å²) in [5, 5.41) is 8.97. The summed E-state index contributed by atoms with van der Waals surface area (Å²) in [5.41, 5.74) is 0.700. The van der Waals surface area contributed by atoms with Gasteiger partial charge < -0.3 is 5.32 Å². The minimum absolute atomic E-state index is 0.112. The molecule has 0 saturated carbocycles. The Bertz CT molecular complexity index is 738. The second-order valence-corrected chi connectivity index (χ2v) is 7.78. The van der Waals surface area contributed by atoms with E-state index < -0.39 is 22.0 Å². The number of sulfonamides is 1. The Hall–Kier alpha value is -1.94. The summed E-state index contributed by atoms with van der Waals surface area (Å²) in [7, 11) is -3.68. The van der Waals surface area contributed by atoms with Crippen LogP contribution in [0.4, 0.5) is 4.79 Å². The zero-order chi connectivity index (χ0) is 19.9. The Balaban J connectivity index is 2.91. The minimum Gasteiger partial charge on any atom is -0.338 e. The van der Waals surface area contributed by atoms with E-state index in [1.54, 1.807) is 27.7 Å². The number of urea groups is 1. The van der Waals surface area contributed by atoms with Gasteiger partial charge in [0.25, 0.3) is 0 Å². The lowest BCUT2D eigenvalue weighted by atomic mass is 10.3. The number of aryl methyl sites for hydroxylation is 1. The van der Waals surface area contributed by atoms with E-state index in [4.69, 9.17) is 0 Å². The van der Waals surface area contributed by atoms with Crippen molar-refractivity contribution in [2.75, 3.05) is 19.6 Å². The van der Waals surface area contributed by atoms with Gasteiger partial charge >= 0.3 is 6.03 Å². The molecule has 0 aliphatic heterocycles. The highest BCUT2D eigenvalue weighted by molar-refractivity contribution is 7.89. The molecule has 26 heavy (non-hydrogen) atoms. The molecule has 9 nitrogen and oxygen atoms in total. The van der Waals surface area contributed by atoms with Gasteiger partial charge in [-0.05, 0) is 20.3 Å². The maximum atomic E-state index is 12.8. The van der Waals surface area contributed by atoms with Gasteiger partial charge in [-0.1, -0.05) is 27.2 Å². The van der Waals surface area contributed by atoms with E-state index in [9.17, 15) is 18.0 Å². The molecule has 0 spiro atoms. The summed E-state index contributed by atoms with van der Waals surface area (Å²) in [6.07, 6.45) is 1.76. The molecular weight excluding hydrogens is 358 g/mol. The molecule has 0 atom stereocenters. The van der Waals surface area contributed by atoms with E-state index in [2.05, 4.69) is 15.7 Å². The van der Waals surface area contributed by atoms with Crippen molar-refractivity contribution in [1.29, 1.82) is 0 Å². The van der Waals surface area contributed by atoms with E-state index in [-0.39, 0.29) is 11.4 Å². The van der Waals surface area contributed by atoms with Crippen molar-refractivity contribution in [3.63, 3.8) is 0 Å². The van der Waals surface area contributed by atoms with Crippen LogP contribution in [-0.4, -0.2) is 54.1 Å². The minimum atomic E-state index is -3.68. The average molecular weight is 388 g/mol. The quantitative estimate of drug-likeness (QED) is 0.617. The van der Waals surface area contributed by atoms with Gasteiger partial charge in [-0.2, -0.15) is 9.40 Å². The van der Waals surface area contributed by atoms with Crippen LogP contribution < -0.4 is 10.6 Å². The van der Waals surface area contributed by atoms with Crippen molar-refractivity contribution in [2.24, 2.45) is 0 Å². The van der Waals surface area contributed by atoms with Crippen LogP contribution in [0.5, 0.6) is 0 Å². The van der Waals surface area contributed by atoms with Crippen LogP contribution in [0.2, 0.25) is 0 Å². The van der Waals surface area contributed by atoms with Crippen LogP contribution in [0.1, 0.15) is 45.0 Å². The number of nitrogens with one attached hydrogen (secondary N) is 2. The SMILES string of the molecule is CCCCNC(=O)NC(=O)Cn1nc(C)c(S(=O)(=O)N(CC)CC)c1C. The third-order valence-corrected chi connectivity index (χ3v) is 6.28. The third kappa shape index (κ3) is 5.28. The first-order valence-electron chi connectivity index (χ1n) is 8.80. The van der Waals surface area contributed by atoms with Gasteiger partial charge in [0.1, 0.15) is 11.4 Å². The standard InChI is InChI=1S/C16H29N5O4S/c1-6-9-10-17-16(23)18-14(22)11-21-13(5)15(12(4)19-21)26(24,25)20(7-2)8-3/h6-11H2,1-5H3,(H2,17,18,22,23). The van der Waals surface area contributed by atoms with E-state index in [1.807, 2.05) is 6.92 Å². The second-order valence-electron chi connectivity index (χ2n) is 5.90. The van der Waals surface area contributed by atoms with Gasteiger partial charge in [-0.15, -0.1) is 0 Å². The topological polar surface area (TPSA) is 113 Å². The number of carbonyl (C=O) groups is 2. The number of aromatic nitrogens is 2. The molecular formula is C16H29N5O4S. The monoisotopic (exact) mass is 387 g/mol. The van der Waals surface area contributed by atoms with Gasteiger partial charge in [-0.25, -0.2) is 13.2 Å². The molecule has 0 aromatic carbocycles. The van der Waals surface area contributed by atoms with Crippen molar-refractivity contribution in [2.45, 2.75) is 58.9 Å². The molecule has 0 radical (unpaired) electrons. The Morgan fingerprint density at radius 3 is 2.31 bits per heavy atom. The first kappa shape index (κ1) is 22.1. The zero-order valence-electron chi connectivity index (χ0n) is 16.1. The number of hydrogen-bond donors (Lipinski definition) is 2. The summed E-state index contributed by atoms with van der Waals surface area (Å²) < 4.78 is 28.2. The van der Waals surface area contributed by atoms with Crippen molar-refractivity contribution in [3.8, 4) is 0 Å². The highest BCUT2D eigenvalue weighted by Crippen LogP contribution is 2.23. The van der Waals surface area contributed by atoms with E-state index in [1.165, 1.54) is 8.99 Å². The van der Waals surface area contributed by atoms with Crippen LogP contribution in [0.15, 0.2) is 4.90 Å². The summed E-state index contributed by atoms with van der Waals surface area (Å²) in [4.78, 5) is 23.8. The van der Waals surface area contributed by atoms with Crippen LogP contribution in [0.3, 0.4) is 0 Å².